The number of aliphatic carboxylic acids is 1. The van der Waals surface area contributed by atoms with Gasteiger partial charge in [-0.1, -0.05) is 42.5 Å². The van der Waals surface area contributed by atoms with Crippen LogP contribution < -0.4 is 0 Å². The quantitative estimate of drug-likeness (QED) is 0.747. The molecule has 126 valence electrons. The Labute approximate surface area is 146 Å². The molecule has 1 N–H and O–H groups in total. The minimum absolute atomic E-state index is 0.372. The van der Waals surface area contributed by atoms with Gasteiger partial charge in [-0.05, 0) is 30.2 Å². The number of hydrogen-bond donors (Lipinski definition) is 1. The van der Waals surface area contributed by atoms with Crippen LogP contribution in [0.5, 0.6) is 0 Å². The molecule has 3 aromatic rings. The molecule has 0 saturated heterocycles. The van der Waals surface area contributed by atoms with Crippen molar-refractivity contribution < 1.29 is 9.90 Å². The molecule has 0 bridgehead atoms. The van der Waals surface area contributed by atoms with E-state index in [0.717, 1.165) is 11.1 Å². The van der Waals surface area contributed by atoms with Gasteiger partial charge in [-0.15, -0.1) is 0 Å². The Bertz CT molecular complexity index is 804. The van der Waals surface area contributed by atoms with Gasteiger partial charge in [0.15, 0.2) is 0 Å². The number of carboxylic acids is 1. The van der Waals surface area contributed by atoms with Gasteiger partial charge in [0.1, 0.15) is 5.92 Å². The summed E-state index contributed by atoms with van der Waals surface area (Å²) in [6, 6.07) is 15.2. The molecule has 0 amide bonds. The number of pyridine rings is 1. The second-order valence-corrected chi connectivity index (χ2v) is 5.65. The average molecular weight is 333 g/mol. The molecule has 0 radical (unpaired) electrons. The van der Waals surface area contributed by atoms with Crippen molar-refractivity contribution in [2.24, 2.45) is 5.92 Å². The maximum absolute atomic E-state index is 12.3. The first-order valence-corrected chi connectivity index (χ1v) is 8.06. The van der Waals surface area contributed by atoms with Gasteiger partial charge in [0.05, 0.1) is 5.70 Å². The fourth-order valence-corrected chi connectivity index (χ4v) is 3.11. The molecule has 5 heteroatoms. The maximum Gasteiger partial charge on any atom is 0.313 e. The van der Waals surface area contributed by atoms with Crippen molar-refractivity contribution >= 4 is 11.7 Å². The molecule has 0 aliphatic carbocycles. The summed E-state index contributed by atoms with van der Waals surface area (Å²) in [6.07, 6.45) is 8.62. The number of rotatable bonds is 6. The third-order valence-corrected chi connectivity index (χ3v) is 4.18. The summed E-state index contributed by atoms with van der Waals surface area (Å²) >= 11 is 0. The zero-order valence-corrected chi connectivity index (χ0v) is 13.9. The molecule has 0 saturated carbocycles. The highest BCUT2D eigenvalue weighted by molar-refractivity contribution is 5.83. The highest BCUT2D eigenvalue weighted by atomic mass is 16.4. The molecule has 3 rings (SSSR count). The van der Waals surface area contributed by atoms with Gasteiger partial charge in [-0.25, -0.2) is 4.68 Å². The third-order valence-electron chi connectivity index (χ3n) is 4.18. The lowest BCUT2D eigenvalue weighted by Crippen LogP contribution is -2.27. The first-order valence-electron chi connectivity index (χ1n) is 8.06. The fourth-order valence-electron chi connectivity index (χ4n) is 3.11. The standard InChI is InChI=1S/C20H19N3O2/c1-2-17(23-13-7-12-22-23)19(20(24)25)18(15-8-4-3-5-9-15)16-10-6-11-21-14-16/h2-14,18-19H,1H3,(H,24,25). The highest BCUT2D eigenvalue weighted by Gasteiger charge is 2.35. The molecule has 2 unspecified atom stereocenters. The molecule has 0 aliphatic rings. The molecule has 0 fully saturated rings. The van der Waals surface area contributed by atoms with Crippen LogP contribution in [0.1, 0.15) is 24.0 Å². The average Bonchev–Trinajstić information content (AvgIpc) is 3.17. The van der Waals surface area contributed by atoms with E-state index in [1.54, 1.807) is 41.6 Å². The van der Waals surface area contributed by atoms with Crippen LogP contribution in [0.25, 0.3) is 5.70 Å². The minimum atomic E-state index is -0.902. The van der Waals surface area contributed by atoms with Crippen LogP contribution in [0.4, 0.5) is 0 Å². The largest absolute Gasteiger partial charge is 0.481 e. The Hall–Kier alpha value is -3.21. The van der Waals surface area contributed by atoms with Crippen LogP contribution in [0.2, 0.25) is 0 Å². The summed E-state index contributed by atoms with van der Waals surface area (Å²) in [6.45, 7) is 1.83. The molecule has 2 heterocycles. The van der Waals surface area contributed by atoms with E-state index in [-0.39, 0.29) is 5.92 Å². The number of carbonyl (C=O) groups is 1. The zero-order chi connectivity index (χ0) is 17.6. The van der Waals surface area contributed by atoms with E-state index in [1.807, 2.05) is 49.4 Å². The van der Waals surface area contributed by atoms with Crippen LogP contribution in [0.3, 0.4) is 0 Å². The number of nitrogens with zero attached hydrogens (tertiary/aromatic N) is 3. The molecular weight excluding hydrogens is 314 g/mol. The smallest absolute Gasteiger partial charge is 0.313 e. The Balaban J connectivity index is 2.16. The Morgan fingerprint density at radius 2 is 1.84 bits per heavy atom. The molecule has 1 aromatic carbocycles. The van der Waals surface area contributed by atoms with Gasteiger partial charge in [0.25, 0.3) is 0 Å². The van der Waals surface area contributed by atoms with Gasteiger partial charge < -0.3 is 5.11 Å². The van der Waals surface area contributed by atoms with Crippen molar-refractivity contribution in [1.82, 2.24) is 14.8 Å². The van der Waals surface area contributed by atoms with E-state index in [9.17, 15) is 9.90 Å². The second-order valence-electron chi connectivity index (χ2n) is 5.65. The number of benzene rings is 1. The normalized spacial score (nSPS) is 14.0. The molecule has 2 aromatic heterocycles. The predicted molar refractivity (Wildman–Crippen MR) is 95.8 cm³/mol. The molecule has 0 aliphatic heterocycles. The first kappa shape index (κ1) is 16.6. The Morgan fingerprint density at radius 1 is 1.08 bits per heavy atom. The summed E-state index contributed by atoms with van der Waals surface area (Å²) in [5.41, 5.74) is 2.40. The Morgan fingerprint density at radius 3 is 2.40 bits per heavy atom. The number of aromatic nitrogens is 3. The monoisotopic (exact) mass is 333 g/mol. The van der Waals surface area contributed by atoms with Crippen molar-refractivity contribution in [3.63, 3.8) is 0 Å². The van der Waals surface area contributed by atoms with Crippen LogP contribution in [0.15, 0.2) is 79.4 Å². The van der Waals surface area contributed by atoms with Gasteiger partial charge in [0, 0.05) is 30.7 Å². The lowest BCUT2D eigenvalue weighted by molar-refractivity contribution is -0.140. The lowest BCUT2D eigenvalue weighted by Gasteiger charge is -2.27. The lowest BCUT2D eigenvalue weighted by atomic mass is 9.79. The number of allylic oxidation sites excluding steroid dienone is 1. The zero-order valence-electron chi connectivity index (χ0n) is 13.9. The van der Waals surface area contributed by atoms with Crippen molar-refractivity contribution in [1.29, 1.82) is 0 Å². The van der Waals surface area contributed by atoms with Crippen LogP contribution >= 0.6 is 0 Å². The van der Waals surface area contributed by atoms with Crippen LogP contribution in [-0.4, -0.2) is 25.8 Å². The number of carboxylic acid groups (broad SMARTS) is 1. The van der Waals surface area contributed by atoms with Crippen LogP contribution in [-0.2, 0) is 4.79 Å². The van der Waals surface area contributed by atoms with Gasteiger partial charge in [0.2, 0.25) is 0 Å². The summed E-state index contributed by atoms with van der Waals surface area (Å²) in [5.74, 6) is -2.07. The van der Waals surface area contributed by atoms with Crippen molar-refractivity contribution in [3.05, 3.63) is 90.5 Å². The summed E-state index contributed by atoms with van der Waals surface area (Å²) in [5, 5.41) is 14.3. The number of hydrogen-bond acceptors (Lipinski definition) is 3. The maximum atomic E-state index is 12.3. The molecule has 5 nitrogen and oxygen atoms in total. The SMILES string of the molecule is CC=C(C(C(=O)O)C(c1ccccc1)c1cccnc1)n1cccn1. The van der Waals surface area contributed by atoms with Crippen molar-refractivity contribution in [2.45, 2.75) is 12.8 Å². The Kier molecular flexibility index (Phi) is 5.04. The summed E-state index contributed by atoms with van der Waals surface area (Å²) < 4.78 is 1.62. The highest BCUT2D eigenvalue weighted by Crippen LogP contribution is 2.37. The molecule has 0 spiro atoms. The van der Waals surface area contributed by atoms with E-state index in [2.05, 4.69) is 10.1 Å². The third kappa shape index (κ3) is 3.50. The van der Waals surface area contributed by atoms with E-state index in [4.69, 9.17) is 0 Å². The van der Waals surface area contributed by atoms with Crippen molar-refractivity contribution in [2.75, 3.05) is 0 Å². The van der Waals surface area contributed by atoms with E-state index in [0.29, 0.717) is 5.70 Å². The molecular formula is C20H19N3O2. The van der Waals surface area contributed by atoms with Gasteiger partial charge in [-0.3, -0.25) is 9.78 Å². The topological polar surface area (TPSA) is 68.0 Å². The fraction of sp³-hybridized carbons (Fsp3) is 0.150. The minimum Gasteiger partial charge on any atom is -0.481 e. The van der Waals surface area contributed by atoms with E-state index >= 15 is 0 Å². The first-order chi connectivity index (χ1) is 12.2. The van der Waals surface area contributed by atoms with Gasteiger partial charge >= 0.3 is 5.97 Å². The summed E-state index contributed by atoms with van der Waals surface area (Å²) in [4.78, 5) is 16.5. The second kappa shape index (κ2) is 7.57. The van der Waals surface area contributed by atoms with E-state index < -0.39 is 11.9 Å². The molecule has 25 heavy (non-hydrogen) atoms. The molecule has 2 atom stereocenters. The van der Waals surface area contributed by atoms with Crippen LogP contribution in [0, 0.1) is 5.92 Å². The predicted octanol–water partition coefficient (Wildman–Crippen LogP) is 3.67. The van der Waals surface area contributed by atoms with Crippen molar-refractivity contribution in [3.8, 4) is 0 Å². The van der Waals surface area contributed by atoms with E-state index in [1.165, 1.54) is 0 Å². The summed E-state index contributed by atoms with van der Waals surface area (Å²) in [7, 11) is 0. The van der Waals surface area contributed by atoms with Gasteiger partial charge in [-0.2, -0.15) is 5.10 Å².